The van der Waals surface area contributed by atoms with Gasteiger partial charge in [0.2, 0.25) is 0 Å². The minimum Gasteiger partial charge on any atom is -0.481 e. The van der Waals surface area contributed by atoms with E-state index in [0.717, 1.165) is 21.0 Å². The highest BCUT2D eigenvalue weighted by atomic mass is 32.1. The van der Waals surface area contributed by atoms with E-state index in [9.17, 15) is 9.59 Å². The molecule has 0 aliphatic rings. The lowest BCUT2D eigenvalue weighted by atomic mass is 10.1. The van der Waals surface area contributed by atoms with Crippen LogP contribution < -0.4 is 4.90 Å². The third-order valence-electron chi connectivity index (χ3n) is 3.19. The van der Waals surface area contributed by atoms with Crippen molar-refractivity contribution >= 4 is 28.3 Å². The zero-order valence-corrected chi connectivity index (χ0v) is 14.4. The van der Waals surface area contributed by atoms with Crippen molar-refractivity contribution in [1.29, 1.82) is 0 Å². The van der Waals surface area contributed by atoms with Gasteiger partial charge in [0.25, 0.3) is 0 Å². The van der Waals surface area contributed by atoms with Crippen LogP contribution in [0, 0.1) is 13.8 Å². The van der Waals surface area contributed by atoms with Crippen LogP contribution in [0.15, 0.2) is 12.2 Å². The topological polar surface area (TPSA) is 66.8 Å². The molecule has 1 N–H and O–H groups in total. The monoisotopic (exact) mass is 325 g/mol. The first kappa shape index (κ1) is 18.2. The van der Waals surface area contributed by atoms with Crippen LogP contribution in [0.2, 0.25) is 0 Å². The van der Waals surface area contributed by atoms with Crippen molar-refractivity contribution in [3.05, 3.63) is 28.2 Å². The Balaban J connectivity index is 3.22. The van der Waals surface area contributed by atoms with Crippen LogP contribution in [-0.4, -0.2) is 36.7 Å². The van der Waals surface area contributed by atoms with Crippen molar-refractivity contribution in [2.45, 2.75) is 34.1 Å². The van der Waals surface area contributed by atoms with Crippen LogP contribution in [0.3, 0.4) is 0 Å². The molecule has 0 unspecified atom stereocenters. The number of ether oxygens (including phenoxy) is 1. The summed E-state index contributed by atoms with van der Waals surface area (Å²) in [5.74, 6) is -1.23. The second-order valence-electron chi connectivity index (χ2n) is 5.21. The average molecular weight is 325 g/mol. The molecule has 0 aliphatic carbocycles. The van der Waals surface area contributed by atoms with Gasteiger partial charge in [-0.3, -0.25) is 4.79 Å². The predicted molar refractivity (Wildman–Crippen MR) is 89.0 cm³/mol. The zero-order valence-electron chi connectivity index (χ0n) is 13.6. The van der Waals surface area contributed by atoms with Gasteiger partial charge in [-0.25, -0.2) is 4.79 Å². The Hall–Kier alpha value is -1.82. The quantitative estimate of drug-likeness (QED) is 0.586. The third kappa shape index (κ3) is 4.59. The number of carbonyl (C=O) groups excluding carboxylic acids is 1. The molecule has 1 aromatic heterocycles. The van der Waals surface area contributed by atoms with Crippen molar-refractivity contribution in [2.24, 2.45) is 0 Å². The van der Waals surface area contributed by atoms with Crippen LogP contribution in [-0.2, 0) is 9.53 Å². The summed E-state index contributed by atoms with van der Waals surface area (Å²) in [7, 11) is 0. The van der Waals surface area contributed by atoms with Crippen LogP contribution >= 0.6 is 11.3 Å². The predicted octanol–water partition coefficient (Wildman–Crippen LogP) is 3.40. The Bertz CT molecular complexity index is 577. The molecule has 0 saturated heterocycles. The molecule has 5 nitrogen and oxygen atoms in total. The van der Waals surface area contributed by atoms with E-state index in [2.05, 4.69) is 6.58 Å². The Kier molecular flexibility index (Phi) is 6.61. The van der Waals surface area contributed by atoms with E-state index >= 15 is 0 Å². The lowest BCUT2D eigenvalue weighted by Gasteiger charge is -2.24. The van der Waals surface area contributed by atoms with Crippen LogP contribution in [0.5, 0.6) is 0 Å². The number of carboxylic acids is 1. The smallest absolute Gasteiger partial charge is 0.341 e. The zero-order chi connectivity index (χ0) is 16.9. The van der Waals surface area contributed by atoms with Crippen molar-refractivity contribution in [3.8, 4) is 0 Å². The molecular formula is C16H23NO4S. The van der Waals surface area contributed by atoms with Gasteiger partial charge in [-0.15, -0.1) is 11.3 Å². The molecule has 0 atom stereocenters. The highest BCUT2D eigenvalue weighted by Gasteiger charge is 2.24. The maximum atomic E-state index is 12.2. The lowest BCUT2D eigenvalue weighted by Crippen LogP contribution is -2.28. The van der Waals surface area contributed by atoms with Crippen LogP contribution in [0.25, 0.3) is 0 Å². The molecule has 0 radical (unpaired) electrons. The highest BCUT2D eigenvalue weighted by Crippen LogP contribution is 2.36. The van der Waals surface area contributed by atoms with E-state index in [1.165, 1.54) is 11.3 Å². The van der Waals surface area contributed by atoms with Crippen LogP contribution in [0.4, 0.5) is 5.00 Å². The van der Waals surface area contributed by atoms with Crippen molar-refractivity contribution in [1.82, 2.24) is 0 Å². The summed E-state index contributed by atoms with van der Waals surface area (Å²) < 4.78 is 5.15. The maximum absolute atomic E-state index is 12.2. The minimum atomic E-state index is -0.866. The molecule has 0 aliphatic heterocycles. The van der Waals surface area contributed by atoms with Gasteiger partial charge in [0, 0.05) is 18.0 Å². The number of anilines is 1. The summed E-state index contributed by atoms with van der Waals surface area (Å²) in [4.78, 5) is 26.0. The molecule has 0 spiro atoms. The Morgan fingerprint density at radius 2 is 2.00 bits per heavy atom. The van der Waals surface area contributed by atoms with E-state index in [-0.39, 0.29) is 12.4 Å². The normalized spacial score (nSPS) is 10.4. The Morgan fingerprint density at radius 3 is 2.50 bits per heavy atom. The third-order valence-corrected chi connectivity index (χ3v) is 4.46. The van der Waals surface area contributed by atoms with Gasteiger partial charge in [0.1, 0.15) is 5.00 Å². The molecule has 0 saturated carbocycles. The SMILES string of the molecule is C=C(C)CN(CCC(=O)O)c1sc(C)c(C)c1C(=O)OCC. The van der Waals surface area contributed by atoms with Gasteiger partial charge >= 0.3 is 11.9 Å². The van der Waals surface area contributed by atoms with E-state index in [4.69, 9.17) is 9.84 Å². The molecule has 22 heavy (non-hydrogen) atoms. The summed E-state index contributed by atoms with van der Waals surface area (Å²) in [5.41, 5.74) is 2.33. The number of aryl methyl sites for hydroxylation is 1. The van der Waals surface area contributed by atoms with E-state index in [1.54, 1.807) is 6.92 Å². The number of esters is 1. The largest absolute Gasteiger partial charge is 0.481 e. The summed E-state index contributed by atoms with van der Waals surface area (Å²) in [6.45, 7) is 12.5. The van der Waals surface area contributed by atoms with Gasteiger partial charge < -0.3 is 14.7 Å². The number of carboxylic acid groups (broad SMARTS) is 1. The van der Waals surface area contributed by atoms with E-state index in [1.807, 2.05) is 25.7 Å². The van der Waals surface area contributed by atoms with Crippen molar-refractivity contribution in [2.75, 3.05) is 24.6 Å². The number of aliphatic carboxylic acids is 1. The maximum Gasteiger partial charge on any atom is 0.341 e. The van der Waals surface area contributed by atoms with Crippen molar-refractivity contribution in [3.63, 3.8) is 0 Å². The summed E-state index contributed by atoms with van der Waals surface area (Å²) in [5, 5.41) is 9.69. The van der Waals surface area contributed by atoms with Crippen LogP contribution in [0.1, 0.15) is 41.1 Å². The molecule has 1 rings (SSSR count). The number of rotatable bonds is 8. The van der Waals surface area contributed by atoms with Gasteiger partial charge in [-0.2, -0.15) is 0 Å². The average Bonchev–Trinajstić information content (AvgIpc) is 2.70. The second kappa shape index (κ2) is 7.98. The van der Waals surface area contributed by atoms with E-state index < -0.39 is 5.97 Å². The fraction of sp³-hybridized carbons (Fsp3) is 0.500. The lowest BCUT2D eigenvalue weighted by molar-refractivity contribution is -0.136. The molecule has 0 bridgehead atoms. The second-order valence-corrected chi connectivity index (χ2v) is 6.41. The number of thiophene rings is 1. The number of hydrogen-bond donors (Lipinski definition) is 1. The van der Waals surface area contributed by atoms with Gasteiger partial charge in [-0.1, -0.05) is 12.2 Å². The summed E-state index contributed by atoms with van der Waals surface area (Å²) in [6, 6.07) is 0. The first-order chi connectivity index (χ1) is 10.3. The van der Waals surface area contributed by atoms with Gasteiger partial charge in [0.15, 0.2) is 0 Å². The number of nitrogens with zero attached hydrogens (tertiary/aromatic N) is 1. The standard InChI is InChI=1S/C16H23NO4S/c1-6-21-16(20)14-11(4)12(5)22-15(14)17(9-10(2)3)8-7-13(18)19/h2,6-9H2,1,3-5H3,(H,18,19). The molecule has 1 aromatic rings. The minimum absolute atomic E-state index is 0.00550. The molecule has 0 aromatic carbocycles. The first-order valence-electron chi connectivity index (χ1n) is 7.16. The number of hydrogen-bond acceptors (Lipinski definition) is 5. The highest BCUT2D eigenvalue weighted by molar-refractivity contribution is 7.16. The van der Waals surface area contributed by atoms with E-state index in [0.29, 0.717) is 25.3 Å². The molecule has 122 valence electrons. The van der Waals surface area contributed by atoms with Gasteiger partial charge in [-0.05, 0) is 33.3 Å². The molecular weight excluding hydrogens is 302 g/mol. The fourth-order valence-corrected chi connectivity index (χ4v) is 3.25. The summed E-state index contributed by atoms with van der Waals surface area (Å²) in [6.07, 6.45) is 0.00550. The van der Waals surface area contributed by atoms with Crippen molar-refractivity contribution < 1.29 is 19.4 Å². The first-order valence-corrected chi connectivity index (χ1v) is 7.97. The van der Waals surface area contributed by atoms with Gasteiger partial charge in [0.05, 0.1) is 18.6 Å². The Morgan fingerprint density at radius 1 is 1.36 bits per heavy atom. The fourth-order valence-electron chi connectivity index (χ4n) is 2.08. The number of carbonyl (C=O) groups is 2. The molecule has 0 amide bonds. The molecule has 6 heteroatoms. The summed E-state index contributed by atoms with van der Waals surface area (Å²) >= 11 is 1.49. The Labute approximate surface area is 135 Å². The molecule has 1 heterocycles. The molecule has 0 fully saturated rings.